The van der Waals surface area contributed by atoms with Crippen molar-refractivity contribution in [2.75, 3.05) is 81.8 Å². The van der Waals surface area contributed by atoms with Crippen molar-refractivity contribution in [2.45, 2.75) is 83.1 Å². The number of aromatic nitrogens is 4. The Hall–Kier alpha value is -5.28. The molecule has 0 spiro atoms. The summed E-state index contributed by atoms with van der Waals surface area (Å²) in [5, 5.41) is 10.6. The number of rotatable bonds is 14. The lowest BCUT2D eigenvalue weighted by Crippen LogP contribution is -2.58. The molecule has 18 heteroatoms. The highest BCUT2D eigenvalue weighted by Crippen LogP contribution is 2.43. The van der Waals surface area contributed by atoms with Gasteiger partial charge in [0, 0.05) is 85.8 Å². The van der Waals surface area contributed by atoms with Gasteiger partial charge < -0.3 is 29.7 Å². The maximum atomic E-state index is 15.3. The Labute approximate surface area is 401 Å². The van der Waals surface area contributed by atoms with E-state index in [-0.39, 0.29) is 24.3 Å². The standard InChI is InChI=1S/C50H60ClF2N10O4P/c1-6-30-22-41(58-50-55-25-36(51)48(60-50)57-40-10-9-39-35(47(40)68(4,5)66)24-54-44(7-2)56-39)43(67-3)23-42(30)62-18-14-33(15-19-62)63-27-29(28-63)26-61-16-12-31(13-17-61)32-20-37(52)46(38(53)21-32)34-8-11-45(64)59-49(34)65/h9-10,20-25,29,31,33-34H,6-8,11-19,26-28H2,1-5H3,(H,59,64,65)(H2,55,57,58,60)/t34-/m1/s1. The van der Waals surface area contributed by atoms with Crippen molar-refractivity contribution in [1.29, 1.82) is 0 Å². The fourth-order valence-electron chi connectivity index (χ4n) is 10.7. The predicted octanol–water partition coefficient (Wildman–Crippen LogP) is 8.52. The normalized spacial score (nSPS) is 19.3. The van der Waals surface area contributed by atoms with Crippen molar-refractivity contribution in [3.05, 3.63) is 88.0 Å². The van der Waals surface area contributed by atoms with Gasteiger partial charge in [0.1, 0.15) is 35.4 Å². The van der Waals surface area contributed by atoms with E-state index < -0.39 is 36.5 Å². The van der Waals surface area contributed by atoms with Crippen molar-refractivity contribution >= 4 is 75.6 Å². The maximum Gasteiger partial charge on any atom is 0.234 e. The molecule has 2 amide bonds. The van der Waals surface area contributed by atoms with Crippen LogP contribution < -0.4 is 30.9 Å². The van der Waals surface area contributed by atoms with Gasteiger partial charge in [0.15, 0.2) is 5.82 Å². The summed E-state index contributed by atoms with van der Waals surface area (Å²) < 4.78 is 50.1. The number of benzene rings is 3. The number of piperidine rings is 3. The average molecular weight is 970 g/mol. The number of nitrogens with one attached hydrogen (secondary N) is 3. The first-order valence-corrected chi connectivity index (χ1v) is 26.8. The Balaban J connectivity index is 0.778. The topological polar surface area (TPSA) is 158 Å². The van der Waals surface area contributed by atoms with Crippen molar-refractivity contribution in [1.82, 2.24) is 35.1 Å². The molecule has 4 saturated heterocycles. The van der Waals surface area contributed by atoms with E-state index in [4.69, 9.17) is 21.3 Å². The third-order valence-corrected chi connectivity index (χ3v) is 16.1. The first kappa shape index (κ1) is 47.8. The van der Waals surface area contributed by atoms with Crippen LogP contribution in [0.1, 0.15) is 86.7 Å². The Morgan fingerprint density at radius 3 is 2.28 bits per heavy atom. The number of imide groups is 1. The summed E-state index contributed by atoms with van der Waals surface area (Å²) in [5.41, 5.74) is 4.83. The number of anilines is 5. The largest absolute Gasteiger partial charge is 0.494 e. The molecule has 9 rings (SSSR count). The Kier molecular flexibility index (Phi) is 14.0. The van der Waals surface area contributed by atoms with Crippen molar-refractivity contribution in [3.63, 3.8) is 0 Å². The molecule has 5 aromatic rings. The fraction of sp³-hybridized carbons (Fsp3) is 0.480. The molecule has 68 heavy (non-hydrogen) atoms. The molecule has 4 fully saturated rings. The summed E-state index contributed by atoms with van der Waals surface area (Å²) in [6.07, 6.45) is 8.78. The second-order valence-electron chi connectivity index (χ2n) is 19.1. The summed E-state index contributed by atoms with van der Waals surface area (Å²) in [4.78, 5) is 49.9. The van der Waals surface area contributed by atoms with Crippen molar-refractivity contribution < 1.29 is 27.7 Å². The minimum atomic E-state index is -2.81. The zero-order chi connectivity index (χ0) is 47.9. The fourth-order valence-corrected chi connectivity index (χ4v) is 12.3. The monoisotopic (exact) mass is 968 g/mol. The van der Waals surface area contributed by atoms with Crippen LogP contribution in [0.15, 0.2) is 48.8 Å². The maximum absolute atomic E-state index is 15.3. The summed E-state index contributed by atoms with van der Waals surface area (Å²) in [7, 11) is -1.15. The molecule has 0 saturated carbocycles. The minimum Gasteiger partial charge on any atom is -0.494 e. The number of hydrogen-bond acceptors (Lipinski definition) is 13. The highest BCUT2D eigenvalue weighted by Gasteiger charge is 2.37. The van der Waals surface area contributed by atoms with Crippen LogP contribution in [0.3, 0.4) is 0 Å². The quantitative estimate of drug-likeness (QED) is 0.0720. The minimum absolute atomic E-state index is 0.0610. The first-order valence-electron chi connectivity index (χ1n) is 23.8. The molecule has 0 unspecified atom stereocenters. The lowest BCUT2D eigenvalue weighted by molar-refractivity contribution is -0.134. The number of aryl methyl sites for hydroxylation is 2. The molecular formula is C50H60ClF2N10O4P. The molecular weight excluding hydrogens is 909 g/mol. The third kappa shape index (κ3) is 10.1. The van der Waals surface area contributed by atoms with Gasteiger partial charge in [-0.05, 0) is 118 Å². The molecule has 4 aliphatic rings. The summed E-state index contributed by atoms with van der Waals surface area (Å²) in [5.74, 6) is -0.697. The molecule has 0 aliphatic carbocycles. The molecule has 3 N–H and O–H groups in total. The Morgan fingerprint density at radius 1 is 0.882 bits per heavy atom. The van der Waals surface area contributed by atoms with E-state index in [1.165, 1.54) is 23.9 Å². The average Bonchev–Trinajstić information content (AvgIpc) is 3.31. The molecule has 2 aromatic heterocycles. The SMILES string of the molecule is CCc1ncc2c(P(C)(C)=O)c(Nc3nc(Nc4cc(CC)c(N5CCC(N6CC(CN7CCC(c8cc(F)c([C@H]9CCC(=O)NC9=O)c(F)c8)CC7)C6)CC5)cc4OC)ncc3Cl)ccc2n1. The van der Waals surface area contributed by atoms with E-state index in [1.807, 2.05) is 19.1 Å². The van der Waals surface area contributed by atoms with Gasteiger partial charge in [-0.1, -0.05) is 25.4 Å². The lowest BCUT2D eigenvalue weighted by Gasteiger charge is -2.49. The van der Waals surface area contributed by atoms with Crippen LogP contribution in [0, 0.1) is 17.6 Å². The van der Waals surface area contributed by atoms with E-state index in [2.05, 4.69) is 64.7 Å². The van der Waals surface area contributed by atoms with Gasteiger partial charge in [0.25, 0.3) is 0 Å². The van der Waals surface area contributed by atoms with Gasteiger partial charge in [-0.25, -0.2) is 23.7 Å². The predicted molar refractivity (Wildman–Crippen MR) is 264 cm³/mol. The zero-order valence-corrected chi connectivity index (χ0v) is 41.0. The van der Waals surface area contributed by atoms with Crippen LogP contribution in [0.25, 0.3) is 10.9 Å². The van der Waals surface area contributed by atoms with Crippen molar-refractivity contribution in [2.24, 2.45) is 5.92 Å². The molecule has 360 valence electrons. The molecule has 3 aromatic carbocycles. The number of halogens is 3. The van der Waals surface area contributed by atoms with Gasteiger partial charge in [-0.2, -0.15) is 4.98 Å². The Morgan fingerprint density at radius 2 is 1.62 bits per heavy atom. The van der Waals surface area contributed by atoms with Crippen LogP contribution >= 0.6 is 18.7 Å². The molecule has 14 nitrogen and oxygen atoms in total. The summed E-state index contributed by atoms with van der Waals surface area (Å²) in [6.45, 7) is 14.4. The molecule has 6 heterocycles. The zero-order valence-electron chi connectivity index (χ0n) is 39.4. The van der Waals surface area contributed by atoms with Crippen LogP contribution in [0.2, 0.25) is 5.02 Å². The van der Waals surface area contributed by atoms with Crippen LogP contribution in [0.5, 0.6) is 5.75 Å². The van der Waals surface area contributed by atoms with Gasteiger partial charge in [0.05, 0.1) is 36.1 Å². The van der Waals surface area contributed by atoms with Gasteiger partial charge >= 0.3 is 0 Å². The van der Waals surface area contributed by atoms with Gasteiger partial charge in [-0.3, -0.25) is 19.8 Å². The first-order chi connectivity index (χ1) is 32.7. The number of amides is 2. The number of ether oxygens (including phenoxy) is 1. The van der Waals surface area contributed by atoms with Gasteiger partial charge in [0.2, 0.25) is 17.8 Å². The Bertz CT molecular complexity index is 2750. The summed E-state index contributed by atoms with van der Waals surface area (Å²) >= 11 is 6.66. The number of hydrogen-bond donors (Lipinski definition) is 3. The molecule has 0 radical (unpaired) electrons. The number of nitrogens with zero attached hydrogens (tertiary/aromatic N) is 7. The van der Waals surface area contributed by atoms with E-state index in [0.717, 1.165) is 106 Å². The van der Waals surface area contributed by atoms with E-state index in [9.17, 15) is 14.2 Å². The van der Waals surface area contributed by atoms with Crippen molar-refractivity contribution in [3.8, 4) is 5.75 Å². The van der Waals surface area contributed by atoms with Crippen LogP contribution in [0.4, 0.5) is 37.6 Å². The highest BCUT2D eigenvalue weighted by atomic mass is 35.5. The third-order valence-electron chi connectivity index (χ3n) is 14.2. The van der Waals surface area contributed by atoms with Crippen LogP contribution in [-0.2, 0) is 27.0 Å². The number of likely N-dealkylation sites (tertiary alicyclic amines) is 2. The van der Waals surface area contributed by atoms with Crippen LogP contribution in [-0.4, -0.2) is 114 Å². The second kappa shape index (κ2) is 20.0. The van der Waals surface area contributed by atoms with Gasteiger partial charge in [-0.15, -0.1) is 0 Å². The molecule has 4 aliphatic heterocycles. The number of carbonyl (C=O) groups is 2. The van der Waals surface area contributed by atoms with E-state index in [0.29, 0.717) is 57.5 Å². The number of fused-ring (bicyclic) bond motifs is 1. The summed E-state index contributed by atoms with van der Waals surface area (Å²) in [6, 6.07) is 11.3. The smallest absolute Gasteiger partial charge is 0.234 e. The highest BCUT2D eigenvalue weighted by molar-refractivity contribution is 7.71. The molecule has 0 bridgehead atoms. The van der Waals surface area contributed by atoms with E-state index >= 15 is 8.78 Å². The number of carbonyl (C=O) groups excluding carboxylic acids is 2. The molecule has 1 atom stereocenters. The second-order valence-corrected chi connectivity index (χ2v) is 22.6. The lowest BCUT2D eigenvalue weighted by atomic mass is 9.84. The number of methoxy groups -OCH3 is 1. The van der Waals surface area contributed by atoms with E-state index in [1.54, 1.807) is 26.6 Å².